The molecule has 6 aromatic carbocycles. The minimum absolute atomic E-state index is 0.134. The second kappa shape index (κ2) is 10.5. The summed E-state index contributed by atoms with van der Waals surface area (Å²) in [5.74, 6) is 2.90. The van der Waals surface area contributed by atoms with E-state index in [1.165, 1.54) is 27.8 Å². The molecule has 3 heterocycles. The number of furan rings is 1. The molecule has 49 heavy (non-hydrogen) atoms. The highest BCUT2D eigenvalue weighted by molar-refractivity contribution is 6.11. The topological polar surface area (TPSA) is 61.0 Å². The van der Waals surface area contributed by atoms with Crippen molar-refractivity contribution in [1.82, 2.24) is 15.0 Å². The number of aromatic nitrogens is 3. The van der Waals surface area contributed by atoms with Gasteiger partial charge in [-0.1, -0.05) is 105 Å². The van der Waals surface area contributed by atoms with E-state index in [2.05, 4.69) is 80.6 Å². The molecule has 0 N–H and O–H groups in total. The van der Waals surface area contributed by atoms with Gasteiger partial charge in [-0.2, -0.15) is 0 Å². The van der Waals surface area contributed by atoms with Crippen LogP contribution in [-0.2, 0) is 11.8 Å². The molecule has 234 valence electrons. The Kier molecular flexibility index (Phi) is 5.98. The van der Waals surface area contributed by atoms with Crippen molar-refractivity contribution in [1.29, 1.82) is 0 Å². The van der Waals surface area contributed by atoms with Crippen LogP contribution in [0.2, 0.25) is 0 Å². The highest BCUT2D eigenvalue weighted by Gasteiger charge is 2.37. The van der Waals surface area contributed by atoms with Crippen molar-refractivity contribution in [2.45, 2.75) is 25.7 Å². The molecule has 0 saturated carbocycles. The van der Waals surface area contributed by atoms with Gasteiger partial charge in [0.05, 0.1) is 6.61 Å². The van der Waals surface area contributed by atoms with Gasteiger partial charge < -0.3 is 9.15 Å². The Hall–Kier alpha value is -6.07. The first kappa shape index (κ1) is 28.0. The summed E-state index contributed by atoms with van der Waals surface area (Å²) in [5, 5.41) is 2.04. The number of hydrogen-bond acceptors (Lipinski definition) is 5. The van der Waals surface area contributed by atoms with E-state index in [1.54, 1.807) is 0 Å². The minimum atomic E-state index is -0.134. The molecule has 0 bridgehead atoms. The summed E-state index contributed by atoms with van der Waals surface area (Å²) in [6.07, 6.45) is 0.974. The summed E-state index contributed by atoms with van der Waals surface area (Å²) in [7, 11) is 0. The van der Waals surface area contributed by atoms with Crippen LogP contribution in [0.5, 0.6) is 5.75 Å². The highest BCUT2D eigenvalue weighted by Crippen LogP contribution is 2.52. The molecule has 10 rings (SSSR count). The lowest BCUT2D eigenvalue weighted by atomic mass is 9.81. The van der Waals surface area contributed by atoms with E-state index in [1.807, 2.05) is 60.7 Å². The van der Waals surface area contributed by atoms with E-state index >= 15 is 0 Å². The number of para-hydroxylation sites is 1. The predicted octanol–water partition coefficient (Wildman–Crippen LogP) is 10.7. The van der Waals surface area contributed by atoms with Gasteiger partial charge in [0.25, 0.3) is 0 Å². The Labute approximate surface area is 283 Å². The molecule has 0 amide bonds. The van der Waals surface area contributed by atoms with Crippen molar-refractivity contribution >= 4 is 21.9 Å². The van der Waals surface area contributed by atoms with Gasteiger partial charge in [-0.3, -0.25) is 0 Å². The Balaban J connectivity index is 1.11. The van der Waals surface area contributed by atoms with Crippen molar-refractivity contribution in [3.05, 3.63) is 144 Å². The molecule has 1 aliphatic carbocycles. The van der Waals surface area contributed by atoms with E-state index in [0.29, 0.717) is 17.5 Å². The normalized spacial score (nSPS) is 14.1. The molecule has 0 atom stereocenters. The maximum Gasteiger partial charge on any atom is 0.164 e. The lowest BCUT2D eigenvalue weighted by Crippen LogP contribution is -2.15. The van der Waals surface area contributed by atoms with E-state index in [4.69, 9.17) is 24.1 Å². The first-order chi connectivity index (χ1) is 24.0. The second-order valence-electron chi connectivity index (χ2n) is 13.5. The van der Waals surface area contributed by atoms with Gasteiger partial charge in [-0.05, 0) is 75.3 Å². The van der Waals surface area contributed by atoms with E-state index in [9.17, 15) is 0 Å². The summed E-state index contributed by atoms with van der Waals surface area (Å²) in [6, 6.07) is 44.3. The van der Waals surface area contributed by atoms with Crippen molar-refractivity contribution < 1.29 is 9.15 Å². The van der Waals surface area contributed by atoms with Gasteiger partial charge in [0.15, 0.2) is 17.5 Å². The Morgan fingerprint density at radius 1 is 0.531 bits per heavy atom. The molecular formula is C44H31N3O2. The summed E-state index contributed by atoms with van der Waals surface area (Å²) in [5.41, 5.74) is 13.2. The van der Waals surface area contributed by atoms with Gasteiger partial charge in [-0.15, -0.1) is 0 Å². The van der Waals surface area contributed by atoms with Gasteiger partial charge >= 0.3 is 0 Å². The third-order valence-corrected chi connectivity index (χ3v) is 10.3. The van der Waals surface area contributed by atoms with E-state index in [-0.39, 0.29) is 5.41 Å². The van der Waals surface area contributed by atoms with E-state index in [0.717, 1.165) is 68.5 Å². The molecule has 0 radical (unpaired) electrons. The number of fused-ring (bicyclic) bond motifs is 7. The summed E-state index contributed by atoms with van der Waals surface area (Å²) < 4.78 is 12.2. The average Bonchev–Trinajstić information content (AvgIpc) is 3.83. The Morgan fingerprint density at radius 3 is 2.12 bits per heavy atom. The molecule has 5 nitrogen and oxygen atoms in total. The van der Waals surface area contributed by atoms with Crippen molar-refractivity contribution in [2.75, 3.05) is 6.61 Å². The van der Waals surface area contributed by atoms with E-state index < -0.39 is 0 Å². The number of ether oxygens (including phenoxy) is 1. The Morgan fingerprint density at radius 2 is 1.22 bits per heavy atom. The Bertz CT molecular complexity index is 2620. The SMILES string of the molecule is CC1(C)c2cc(-c3cccc(-c4nc(-c5ccccc5)nc(-c5cccc6oc7ccccc7c56)n4)c3)ccc2-c2cc3c(cc21)OCC3. The van der Waals surface area contributed by atoms with Crippen LogP contribution in [-0.4, -0.2) is 21.6 Å². The average molecular weight is 634 g/mol. The zero-order valence-electron chi connectivity index (χ0n) is 27.2. The fourth-order valence-corrected chi connectivity index (χ4v) is 7.73. The number of hydrogen-bond donors (Lipinski definition) is 0. The third-order valence-electron chi connectivity index (χ3n) is 10.3. The lowest BCUT2D eigenvalue weighted by Gasteiger charge is -2.22. The minimum Gasteiger partial charge on any atom is -0.493 e. The summed E-state index contributed by atoms with van der Waals surface area (Å²) in [6.45, 7) is 5.41. The van der Waals surface area contributed by atoms with Crippen molar-refractivity contribution in [3.63, 3.8) is 0 Å². The van der Waals surface area contributed by atoms with Crippen LogP contribution in [0.3, 0.4) is 0 Å². The predicted molar refractivity (Wildman–Crippen MR) is 196 cm³/mol. The van der Waals surface area contributed by atoms with Gasteiger partial charge in [-0.25, -0.2) is 15.0 Å². The molecule has 8 aromatic rings. The van der Waals surface area contributed by atoms with Gasteiger partial charge in [0.1, 0.15) is 16.9 Å². The molecule has 0 fully saturated rings. The molecule has 2 aliphatic rings. The van der Waals surface area contributed by atoms with Crippen LogP contribution in [0.25, 0.3) is 78.4 Å². The summed E-state index contributed by atoms with van der Waals surface area (Å²) in [4.78, 5) is 15.2. The third kappa shape index (κ3) is 4.35. The molecule has 0 unspecified atom stereocenters. The van der Waals surface area contributed by atoms with Crippen LogP contribution < -0.4 is 4.74 Å². The van der Waals surface area contributed by atoms with Crippen LogP contribution in [0.15, 0.2) is 132 Å². The first-order valence-corrected chi connectivity index (χ1v) is 16.8. The zero-order chi connectivity index (χ0) is 32.7. The largest absolute Gasteiger partial charge is 0.493 e. The first-order valence-electron chi connectivity index (χ1n) is 16.8. The van der Waals surface area contributed by atoms with Gasteiger partial charge in [0, 0.05) is 39.3 Å². The smallest absolute Gasteiger partial charge is 0.164 e. The van der Waals surface area contributed by atoms with Crippen LogP contribution in [0.1, 0.15) is 30.5 Å². The number of nitrogens with zero attached hydrogens (tertiary/aromatic N) is 3. The molecule has 5 heteroatoms. The molecule has 1 aliphatic heterocycles. The second-order valence-corrected chi connectivity index (χ2v) is 13.5. The maximum atomic E-state index is 6.22. The van der Waals surface area contributed by atoms with Crippen molar-refractivity contribution in [2.24, 2.45) is 0 Å². The lowest BCUT2D eigenvalue weighted by molar-refractivity contribution is 0.356. The molecular weight excluding hydrogens is 603 g/mol. The van der Waals surface area contributed by atoms with Crippen LogP contribution in [0.4, 0.5) is 0 Å². The molecule has 0 saturated heterocycles. The molecule has 2 aromatic heterocycles. The van der Waals surface area contributed by atoms with Crippen molar-refractivity contribution in [3.8, 4) is 62.2 Å². The van der Waals surface area contributed by atoms with Crippen LogP contribution >= 0.6 is 0 Å². The summed E-state index contributed by atoms with van der Waals surface area (Å²) >= 11 is 0. The maximum absolute atomic E-state index is 6.22. The zero-order valence-corrected chi connectivity index (χ0v) is 27.2. The number of benzene rings is 6. The fourth-order valence-electron chi connectivity index (χ4n) is 7.73. The fraction of sp³-hybridized carbons (Fsp3) is 0.114. The molecule has 0 spiro atoms. The number of rotatable bonds is 4. The standard InChI is InChI=1S/C44H31N3O2/c1-44(2)35-24-28(18-19-31(35)34-23-29-20-21-48-39(29)25-36(34)44)27-12-8-13-30(22-27)42-45-41(26-10-4-3-5-11-26)46-43(47-42)33-15-9-17-38-40(33)32-14-6-7-16-37(32)49-38/h3-19,22-25H,20-21H2,1-2H3. The van der Waals surface area contributed by atoms with Gasteiger partial charge in [0.2, 0.25) is 0 Å². The quantitative estimate of drug-likeness (QED) is 0.193. The monoisotopic (exact) mass is 633 g/mol. The van der Waals surface area contributed by atoms with Crippen LogP contribution in [0, 0.1) is 0 Å². The highest BCUT2D eigenvalue weighted by atomic mass is 16.5.